The molecule has 0 bridgehead atoms. The molecule has 4 heteroatoms. The van der Waals surface area contributed by atoms with E-state index in [1.165, 1.54) is 11.1 Å². The van der Waals surface area contributed by atoms with Gasteiger partial charge >= 0.3 is 0 Å². The summed E-state index contributed by atoms with van der Waals surface area (Å²) in [7, 11) is 0. The molecule has 0 aliphatic carbocycles. The second-order valence-corrected chi connectivity index (χ2v) is 8.00. The minimum absolute atomic E-state index is 0.133. The summed E-state index contributed by atoms with van der Waals surface area (Å²) in [5.41, 5.74) is 3.52. The van der Waals surface area contributed by atoms with E-state index in [0.717, 1.165) is 36.7 Å². The van der Waals surface area contributed by atoms with Gasteiger partial charge in [-0.15, -0.1) is 6.58 Å². The molecule has 2 aliphatic rings. The van der Waals surface area contributed by atoms with Gasteiger partial charge in [0.2, 0.25) is 0 Å². The topological polar surface area (TPSA) is 43.5 Å². The van der Waals surface area contributed by atoms with E-state index in [4.69, 9.17) is 18.9 Å². The first-order valence-electron chi connectivity index (χ1n) is 9.90. The Kier molecular flexibility index (Phi) is 5.42. The van der Waals surface area contributed by atoms with Crippen molar-refractivity contribution < 1.29 is 18.9 Å². The number of hydrogen-bond donors (Lipinski definition) is 0. The number of ether oxygens (including phenoxy) is 4. The first-order valence-corrected chi connectivity index (χ1v) is 9.90. The van der Waals surface area contributed by atoms with Gasteiger partial charge in [-0.3, -0.25) is 0 Å². The van der Waals surface area contributed by atoms with Gasteiger partial charge in [-0.2, -0.15) is 0 Å². The van der Waals surface area contributed by atoms with Gasteiger partial charge in [0.05, 0.1) is 13.2 Å². The monoisotopic (exact) mass is 380 g/mol. The lowest BCUT2D eigenvalue weighted by molar-refractivity contribution is 0.261. The summed E-state index contributed by atoms with van der Waals surface area (Å²) < 4.78 is 22.2. The molecular weight excluding hydrogens is 352 g/mol. The van der Waals surface area contributed by atoms with Gasteiger partial charge in [-0.25, -0.2) is 0 Å². The van der Waals surface area contributed by atoms with Crippen molar-refractivity contribution in [3.8, 4) is 11.5 Å². The molecule has 0 amide bonds. The lowest BCUT2D eigenvalue weighted by atomic mass is 9.77. The summed E-state index contributed by atoms with van der Waals surface area (Å²) in [6.45, 7) is 11.2. The number of epoxide rings is 2. The quantitative estimate of drug-likeness (QED) is 0.455. The van der Waals surface area contributed by atoms with E-state index in [1.54, 1.807) is 0 Å². The third kappa shape index (κ3) is 4.57. The molecule has 0 spiro atoms. The Hall–Kier alpha value is -2.30. The van der Waals surface area contributed by atoms with Crippen LogP contribution in [0.5, 0.6) is 11.5 Å². The predicted molar refractivity (Wildman–Crippen MR) is 109 cm³/mol. The number of hydrogen-bond acceptors (Lipinski definition) is 4. The second-order valence-electron chi connectivity index (χ2n) is 8.00. The molecule has 0 N–H and O–H groups in total. The Bertz CT molecular complexity index is 817. The first kappa shape index (κ1) is 19.0. The highest BCUT2D eigenvalue weighted by atomic mass is 16.6. The normalized spacial score (nSPS) is 20.5. The smallest absolute Gasteiger partial charge is 0.122 e. The second kappa shape index (κ2) is 7.98. The van der Waals surface area contributed by atoms with Crippen LogP contribution in [0.25, 0.3) is 0 Å². The molecule has 2 aromatic rings. The van der Waals surface area contributed by atoms with Crippen LogP contribution in [0, 0.1) is 0 Å². The maximum Gasteiger partial charge on any atom is 0.122 e. The molecular formula is C24H28O4. The van der Waals surface area contributed by atoms with Crippen molar-refractivity contribution in [2.75, 3.05) is 26.4 Å². The Morgan fingerprint density at radius 2 is 1.57 bits per heavy atom. The molecule has 4 nitrogen and oxygen atoms in total. The molecule has 28 heavy (non-hydrogen) atoms. The summed E-state index contributed by atoms with van der Waals surface area (Å²) in [6.07, 6.45) is 3.22. The van der Waals surface area contributed by atoms with Crippen molar-refractivity contribution >= 4 is 0 Å². The van der Waals surface area contributed by atoms with Crippen molar-refractivity contribution in [3.05, 3.63) is 71.8 Å². The van der Waals surface area contributed by atoms with Crippen LogP contribution in [-0.2, 0) is 21.3 Å². The minimum Gasteiger partial charge on any atom is -0.491 e. The van der Waals surface area contributed by atoms with Crippen molar-refractivity contribution in [1.29, 1.82) is 0 Å². The summed E-state index contributed by atoms with van der Waals surface area (Å²) >= 11 is 0. The average molecular weight is 380 g/mol. The molecule has 2 aliphatic heterocycles. The van der Waals surface area contributed by atoms with E-state index in [-0.39, 0.29) is 17.6 Å². The van der Waals surface area contributed by atoms with Crippen LogP contribution in [0.4, 0.5) is 0 Å². The Labute approximate surface area is 167 Å². The fourth-order valence-electron chi connectivity index (χ4n) is 3.26. The van der Waals surface area contributed by atoms with Gasteiger partial charge in [0.1, 0.15) is 36.9 Å². The molecule has 0 saturated carbocycles. The fourth-order valence-corrected chi connectivity index (χ4v) is 3.26. The minimum atomic E-state index is -0.133. The van der Waals surface area contributed by atoms with Crippen molar-refractivity contribution in [2.24, 2.45) is 0 Å². The zero-order chi connectivity index (χ0) is 19.6. The first-order chi connectivity index (χ1) is 13.6. The average Bonchev–Trinajstić information content (AvgIpc) is 3.61. The summed E-state index contributed by atoms with van der Waals surface area (Å²) in [5.74, 6) is 1.80. The Morgan fingerprint density at radius 1 is 0.964 bits per heavy atom. The Morgan fingerprint density at radius 3 is 2.18 bits per heavy atom. The molecule has 2 fully saturated rings. The van der Waals surface area contributed by atoms with E-state index < -0.39 is 0 Å². The SMILES string of the molecule is C=CCc1cc(C(C)(C)c2ccc(OCC3CO3)cc2)ccc1OC[C@@H]1CO1. The molecule has 2 heterocycles. The number of benzene rings is 2. The summed E-state index contributed by atoms with van der Waals surface area (Å²) in [5, 5.41) is 0. The third-order valence-corrected chi connectivity index (χ3v) is 5.39. The summed E-state index contributed by atoms with van der Waals surface area (Å²) in [4.78, 5) is 0. The molecule has 2 atom stereocenters. The zero-order valence-corrected chi connectivity index (χ0v) is 16.6. The van der Waals surface area contributed by atoms with Crippen LogP contribution in [-0.4, -0.2) is 38.6 Å². The highest BCUT2D eigenvalue weighted by Gasteiger charge is 2.26. The van der Waals surface area contributed by atoms with Gasteiger partial charge < -0.3 is 18.9 Å². The van der Waals surface area contributed by atoms with Crippen molar-refractivity contribution in [3.63, 3.8) is 0 Å². The highest BCUT2D eigenvalue weighted by Crippen LogP contribution is 2.35. The van der Waals surface area contributed by atoms with Crippen LogP contribution in [0.15, 0.2) is 55.1 Å². The molecule has 2 saturated heterocycles. The zero-order valence-electron chi connectivity index (χ0n) is 16.6. The van der Waals surface area contributed by atoms with Crippen LogP contribution >= 0.6 is 0 Å². The molecule has 0 aromatic heterocycles. The lowest BCUT2D eigenvalue weighted by Crippen LogP contribution is -2.19. The molecule has 1 unspecified atom stereocenters. The highest BCUT2D eigenvalue weighted by molar-refractivity contribution is 5.46. The van der Waals surface area contributed by atoms with Crippen molar-refractivity contribution in [1.82, 2.24) is 0 Å². The van der Waals surface area contributed by atoms with E-state index in [9.17, 15) is 0 Å². The third-order valence-electron chi connectivity index (χ3n) is 5.39. The largest absolute Gasteiger partial charge is 0.491 e. The van der Waals surface area contributed by atoms with Crippen LogP contribution < -0.4 is 9.47 Å². The molecule has 4 rings (SSSR count). The number of allylic oxidation sites excluding steroid dienone is 1. The standard InChI is InChI=1S/C24H28O4/c1-4-5-17-12-19(8-11-23(17)28-16-22-15-27-22)24(2,3)18-6-9-20(10-7-18)25-13-21-14-26-21/h4,6-12,21-22H,1,5,13-16H2,2-3H3/t21?,22-/m0/s1. The van der Waals surface area contributed by atoms with E-state index in [0.29, 0.717) is 13.2 Å². The predicted octanol–water partition coefficient (Wildman–Crippen LogP) is 4.30. The summed E-state index contributed by atoms with van der Waals surface area (Å²) in [6, 6.07) is 14.8. The Balaban J connectivity index is 1.51. The number of rotatable bonds is 10. The molecule has 2 aromatic carbocycles. The molecule has 0 radical (unpaired) electrons. The van der Waals surface area contributed by atoms with E-state index in [1.807, 2.05) is 18.2 Å². The van der Waals surface area contributed by atoms with E-state index >= 15 is 0 Å². The van der Waals surface area contributed by atoms with Gasteiger partial charge in [-0.1, -0.05) is 44.2 Å². The lowest BCUT2D eigenvalue weighted by Gasteiger charge is -2.27. The maximum atomic E-state index is 5.95. The van der Waals surface area contributed by atoms with Gasteiger partial charge in [-0.05, 0) is 41.3 Å². The van der Waals surface area contributed by atoms with Crippen LogP contribution in [0.3, 0.4) is 0 Å². The maximum absolute atomic E-state index is 5.95. The van der Waals surface area contributed by atoms with Gasteiger partial charge in [0.25, 0.3) is 0 Å². The van der Waals surface area contributed by atoms with Crippen LogP contribution in [0.1, 0.15) is 30.5 Å². The van der Waals surface area contributed by atoms with Gasteiger partial charge in [0, 0.05) is 5.41 Å². The van der Waals surface area contributed by atoms with Crippen LogP contribution in [0.2, 0.25) is 0 Å². The van der Waals surface area contributed by atoms with E-state index in [2.05, 4.69) is 50.8 Å². The van der Waals surface area contributed by atoms with Crippen molar-refractivity contribution in [2.45, 2.75) is 37.9 Å². The molecule has 148 valence electrons. The fraction of sp³-hybridized carbons (Fsp3) is 0.417. The van der Waals surface area contributed by atoms with Gasteiger partial charge in [0.15, 0.2) is 0 Å².